The number of carbonyl (C=O) groups excluding carboxylic acids is 1. The molecule has 0 bridgehead atoms. The number of aromatic nitrogens is 4. The van der Waals surface area contributed by atoms with Crippen LogP contribution in [0, 0.1) is 6.92 Å². The number of anilines is 1. The molecule has 4 rings (SSSR count). The van der Waals surface area contributed by atoms with Crippen LogP contribution in [0.1, 0.15) is 23.8 Å². The molecule has 28 heavy (non-hydrogen) atoms. The topological polar surface area (TPSA) is 93.1 Å². The summed E-state index contributed by atoms with van der Waals surface area (Å²) in [4.78, 5) is 32.9. The van der Waals surface area contributed by atoms with Gasteiger partial charge in [-0.2, -0.15) is 0 Å². The van der Waals surface area contributed by atoms with E-state index in [0.717, 1.165) is 45.1 Å². The summed E-state index contributed by atoms with van der Waals surface area (Å²) in [6.45, 7) is 7.34. The van der Waals surface area contributed by atoms with Gasteiger partial charge in [-0.1, -0.05) is 6.92 Å². The Morgan fingerprint density at radius 1 is 1.25 bits per heavy atom. The highest BCUT2D eigenvalue weighted by atomic mass is 32.1. The van der Waals surface area contributed by atoms with Crippen LogP contribution in [0.2, 0.25) is 0 Å². The number of rotatable bonds is 5. The minimum atomic E-state index is 0.0402. The zero-order valence-electron chi connectivity index (χ0n) is 15.9. The van der Waals surface area contributed by atoms with Crippen molar-refractivity contribution >= 4 is 33.3 Å². The molecule has 9 heteroatoms. The van der Waals surface area contributed by atoms with Crippen LogP contribution in [0.25, 0.3) is 21.6 Å². The molecule has 1 aliphatic rings. The average molecular weight is 398 g/mol. The van der Waals surface area contributed by atoms with Crippen molar-refractivity contribution in [3.8, 4) is 11.4 Å². The molecule has 3 aromatic heterocycles. The molecular weight excluding hydrogens is 376 g/mol. The largest absolute Gasteiger partial charge is 0.378 e. The molecule has 0 spiro atoms. The minimum Gasteiger partial charge on any atom is -0.378 e. The number of ether oxygens (including phenoxy) is 1. The van der Waals surface area contributed by atoms with Gasteiger partial charge in [0.25, 0.3) is 0 Å². The Morgan fingerprint density at radius 3 is 2.71 bits per heavy atom. The molecule has 0 saturated carbocycles. The molecule has 0 atom stereocenters. The number of thiophene rings is 1. The van der Waals surface area contributed by atoms with Gasteiger partial charge in [0.15, 0.2) is 11.6 Å². The smallest absolute Gasteiger partial charge is 0.220 e. The summed E-state index contributed by atoms with van der Waals surface area (Å²) in [7, 11) is 0. The van der Waals surface area contributed by atoms with Crippen LogP contribution in [-0.4, -0.2) is 52.1 Å². The maximum Gasteiger partial charge on any atom is 0.220 e. The Bertz CT molecular complexity index is 985. The van der Waals surface area contributed by atoms with E-state index in [1.165, 1.54) is 6.33 Å². The number of morpholine rings is 1. The highest BCUT2D eigenvalue weighted by Gasteiger charge is 2.22. The van der Waals surface area contributed by atoms with E-state index in [-0.39, 0.29) is 5.91 Å². The Morgan fingerprint density at radius 2 is 2.00 bits per heavy atom. The first kappa shape index (κ1) is 18.7. The van der Waals surface area contributed by atoms with Crippen molar-refractivity contribution < 1.29 is 9.53 Å². The highest BCUT2D eigenvalue weighted by Crippen LogP contribution is 2.37. The quantitative estimate of drug-likeness (QED) is 0.705. The van der Waals surface area contributed by atoms with E-state index in [1.807, 2.05) is 13.8 Å². The van der Waals surface area contributed by atoms with E-state index in [4.69, 9.17) is 14.7 Å². The van der Waals surface area contributed by atoms with Crippen molar-refractivity contribution in [3.63, 3.8) is 0 Å². The van der Waals surface area contributed by atoms with Crippen molar-refractivity contribution in [3.05, 3.63) is 29.2 Å². The first-order chi connectivity index (χ1) is 13.7. The molecular formula is C19H22N6O2S. The number of aryl methyl sites for hydroxylation is 1. The fourth-order valence-corrected chi connectivity index (χ4v) is 4.33. The van der Waals surface area contributed by atoms with Crippen molar-refractivity contribution in [2.45, 2.75) is 26.8 Å². The lowest BCUT2D eigenvalue weighted by atomic mass is 10.2. The normalized spacial score (nSPS) is 14.4. The minimum absolute atomic E-state index is 0.0402. The lowest BCUT2D eigenvalue weighted by Gasteiger charge is -2.28. The monoisotopic (exact) mass is 398 g/mol. The van der Waals surface area contributed by atoms with E-state index >= 15 is 0 Å². The number of hydrogen-bond donors (Lipinski definition) is 1. The SMILES string of the molecule is CCC(=O)NCc1sc2c(N3CCOCC3)nc(-c3cncnc3)nc2c1C. The predicted molar refractivity (Wildman–Crippen MR) is 108 cm³/mol. The Labute approximate surface area is 167 Å². The molecule has 8 nitrogen and oxygen atoms in total. The third-order valence-corrected chi connectivity index (χ3v) is 6.02. The number of fused-ring (bicyclic) bond motifs is 1. The van der Waals surface area contributed by atoms with Gasteiger partial charge >= 0.3 is 0 Å². The molecule has 0 aromatic carbocycles. The van der Waals surface area contributed by atoms with Crippen LogP contribution < -0.4 is 10.2 Å². The summed E-state index contributed by atoms with van der Waals surface area (Å²) in [5.41, 5.74) is 2.78. The second kappa shape index (κ2) is 8.15. The zero-order valence-corrected chi connectivity index (χ0v) is 16.8. The fraction of sp³-hybridized carbons (Fsp3) is 0.421. The lowest BCUT2D eigenvalue weighted by Crippen LogP contribution is -2.36. The van der Waals surface area contributed by atoms with Crippen LogP contribution >= 0.6 is 11.3 Å². The molecule has 1 amide bonds. The van der Waals surface area contributed by atoms with E-state index in [1.54, 1.807) is 23.7 Å². The Balaban J connectivity index is 1.82. The number of hydrogen-bond acceptors (Lipinski definition) is 8. The maximum absolute atomic E-state index is 11.7. The van der Waals surface area contributed by atoms with Gasteiger partial charge in [-0.3, -0.25) is 4.79 Å². The molecule has 0 aliphatic carbocycles. The lowest BCUT2D eigenvalue weighted by molar-refractivity contribution is -0.120. The van der Waals surface area contributed by atoms with Gasteiger partial charge < -0.3 is 15.0 Å². The Kier molecular flexibility index (Phi) is 5.45. The van der Waals surface area contributed by atoms with Gasteiger partial charge in [0, 0.05) is 36.8 Å². The van der Waals surface area contributed by atoms with Crippen LogP contribution in [0.5, 0.6) is 0 Å². The molecule has 0 radical (unpaired) electrons. The van der Waals surface area contributed by atoms with Crippen LogP contribution in [0.4, 0.5) is 5.82 Å². The average Bonchev–Trinajstić information content (AvgIpc) is 3.08. The molecule has 1 aliphatic heterocycles. The van der Waals surface area contributed by atoms with E-state index in [0.29, 0.717) is 32.0 Å². The first-order valence-electron chi connectivity index (χ1n) is 9.32. The van der Waals surface area contributed by atoms with Gasteiger partial charge in [0.1, 0.15) is 6.33 Å². The number of nitrogens with zero attached hydrogens (tertiary/aromatic N) is 5. The third kappa shape index (κ3) is 3.67. The van der Waals surface area contributed by atoms with Crippen LogP contribution in [-0.2, 0) is 16.1 Å². The predicted octanol–water partition coefficient (Wildman–Crippen LogP) is 2.32. The number of amides is 1. The maximum atomic E-state index is 11.7. The summed E-state index contributed by atoms with van der Waals surface area (Å²) in [5.74, 6) is 1.56. The highest BCUT2D eigenvalue weighted by molar-refractivity contribution is 7.19. The first-order valence-corrected chi connectivity index (χ1v) is 10.1. The van der Waals surface area contributed by atoms with E-state index < -0.39 is 0 Å². The summed E-state index contributed by atoms with van der Waals surface area (Å²) >= 11 is 1.65. The van der Waals surface area contributed by atoms with E-state index in [9.17, 15) is 4.79 Å². The van der Waals surface area contributed by atoms with E-state index in [2.05, 4.69) is 20.2 Å². The van der Waals surface area contributed by atoms with Crippen LogP contribution in [0.15, 0.2) is 18.7 Å². The third-order valence-electron chi connectivity index (χ3n) is 4.74. The standard InChI is InChI=1S/C19H22N6O2S/c1-3-15(26)22-10-14-12(2)16-17(28-14)19(25-4-6-27-7-5-25)24-18(23-16)13-8-20-11-21-9-13/h8-9,11H,3-7,10H2,1-2H3,(H,22,26). The van der Waals surface area contributed by atoms with Gasteiger partial charge in [0.05, 0.1) is 35.5 Å². The number of nitrogens with one attached hydrogen (secondary N) is 1. The second-order valence-electron chi connectivity index (χ2n) is 6.56. The Hall–Kier alpha value is -2.65. The fourth-order valence-electron chi connectivity index (χ4n) is 3.12. The molecule has 146 valence electrons. The summed E-state index contributed by atoms with van der Waals surface area (Å²) in [6, 6.07) is 0. The summed E-state index contributed by atoms with van der Waals surface area (Å²) < 4.78 is 6.55. The summed E-state index contributed by atoms with van der Waals surface area (Å²) in [6.07, 6.45) is 5.42. The number of carbonyl (C=O) groups is 1. The molecule has 1 fully saturated rings. The van der Waals surface area contributed by atoms with Crippen molar-refractivity contribution in [1.29, 1.82) is 0 Å². The zero-order chi connectivity index (χ0) is 19.5. The molecule has 0 unspecified atom stereocenters. The second-order valence-corrected chi connectivity index (χ2v) is 7.66. The molecule has 1 N–H and O–H groups in total. The van der Waals surface area contributed by atoms with Gasteiger partial charge in [-0.05, 0) is 12.5 Å². The van der Waals surface area contributed by atoms with Gasteiger partial charge in [0.2, 0.25) is 5.91 Å². The van der Waals surface area contributed by atoms with Gasteiger partial charge in [-0.25, -0.2) is 19.9 Å². The van der Waals surface area contributed by atoms with Crippen LogP contribution in [0.3, 0.4) is 0 Å². The van der Waals surface area contributed by atoms with Crippen molar-refractivity contribution in [2.75, 3.05) is 31.2 Å². The summed E-state index contributed by atoms with van der Waals surface area (Å²) in [5, 5.41) is 2.97. The molecule has 4 heterocycles. The van der Waals surface area contributed by atoms with Gasteiger partial charge in [-0.15, -0.1) is 11.3 Å². The van der Waals surface area contributed by atoms with Crippen molar-refractivity contribution in [2.24, 2.45) is 0 Å². The molecule has 3 aromatic rings. The van der Waals surface area contributed by atoms with Crippen molar-refractivity contribution in [1.82, 2.24) is 25.3 Å². The molecule has 1 saturated heterocycles.